The second kappa shape index (κ2) is 4.80. The number of hydrogen-bond acceptors (Lipinski definition) is 2. The van der Waals surface area contributed by atoms with E-state index in [1.807, 2.05) is 0 Å². The Hall–Kier alpha value is -0.470. The van der Waals surface area contributed by atoms with Gasteiger partial charge in [-0.1, -0.05) is 12.1 Å². The molecule has 0 aliphatic carbocycles. The Kier molecular flexibility index (Phi) is 3.20. The number of aryl methyl sites for hydroxylation is 1. The topological polar surface area (TPSA) is 12.0 Å². The van der Waals surface area contributed by atoms with E-state index >= 15 is 0 Å². The summed E-state index contributed by atoms with van der Waals surface area (Å²) in [5, 5.41) is 3.44. The molecule has 0 amide bonds. The summed E-state index contributed by atoms with van der Waals surface area (Å²) in [4.78, 5) is 1.56. The molecule has 3 rings (SSSR count). The Labute approximate surface area is 102 Å². The monoisotopic (exact) mass is 233 g/mol. The molecule has 0 radical (unpaired) electrons. The molecule has 2 heterocycles. The molecule has 0 aromatic heterocycles. The van der Waals surface area contributed by atoms with Crippen LogP contribution in [-0.4, -0.2) is 18.8 Å². The van der Waals surface area contributed by atoms with E-state index in [1.54, 1.807) is 16.0 Å². The standard InChI is InChI=1S/C14H19NS/c1-2-12-3-4-13(10-14(12)16-9-1)11-5-7-15-8-6-11/h3-4,10-11,15H,1-2,5-9H2. The van der Waals surface area contributed by atoms with Crippen molar-refractivity contribution in [2.45, 2.75) is 36.5 Å². The highest BCUT2D eigenvalue weighted by Crippen LogP contribution is 2.34. The largest absolute Gasteiger partial charge is 0.317 e. The molecule has 1 aromatic carbocycles. The molecule has 0 unspecified atom stereocenters. The molecule has 0 spiro atoms. The highest BCUT2D eigenvalue weighted by molar-refractivity contribution is 7.99. The fourth-order valence-electron chi connectivity index (χ4n) is 2.77. The average Bonchev–Trinajstić information content (AvgIpc) is 2.39. The number of fused-ring (bicyclic) bond motifs is 1. The van der Waals surface area contributed by atoms with E-state index in [0.717, 1.165) is 5.92 Å². The number of benzene rings is 1. The summed E-state index contributed by atoms with van der Waals surface area (Å²) in [6, 6.07) is 7.22. The lowest BCUT2D eigenvalue weighted by atomic mass is 9.89. The summed E-state index contributed by atoms with van der Waals surface area (Å²) in [6.07, 6.45) is 5.26. The summed E-state index contributed by atoms with van der Waals surface area (Å²) < 4.78 is 0. The molecule has 1 aromatic rings. The third-order valence-corrected chi connectivity index (χ3v) is 4.93. The Morgan fingerprint density at radius 3 is 2.94 bits per heavy atom. The Bertz CT molecular complexity index is 369. The predicted octanol–water partition coefficient (Wildman–Crippen LogP) is 3.19. The number of nitrogens with one attached hydrogen (secondary N) is 1. The van der Waals surface area contributed by atoms with Gasteiger partial charge in [0.15, 0.2) is 0 Å². The van der Waals surface area contributed by atoms with E-state index in [2.05, 4.69) is 35.3 Å². The van der Waals surface area contributed by atoms with Gasteiger partial charge >= 0.3 is 0 Å². The quantitative estimate of drug-likeness (QED) is 0.799. The van der Waals surface area contributed by atoms with Gasteiger partial charge in [-0.05, 0) is 67.6 Å². The predicted molar refractivity (Wildman–Crippen MR) is 70.3 cm³/mol. The normalized spacial score (nSPS) is 21.8. The molecule has 2 aliphatic rings. The van der Waals surface area contributed by atoms with Gasteiger partial charge in [0, 0.05) is 4.90 Å². The molecule has 1 N–H and O–H groups in total. The maximum absolute atomic E-state index is 3.44. The minimum atomic E-state index is 0.800. The summed E-state index contributed by atoms with van der Waals surface area (Å²) >= 11 is 2.05. The number of rotatable bonds is 1. The maximum atomic E-state index is 3.44. The van der Waals surface area contributed by atoms with E-state index in [9.17, 15) is 0 Å². The summed E-state index contributed by atoms with van der Waals surface area (Å²) in [5.74, 6) is 2.11. The van der Waals surface area contributed by atoms with Crippen molar-refractivity contribution in [3.05, 3.63) is 29.3 Å². The molecular weight excluding hydrogens is 214 g/mol. The lowest BCUT2D eigenvalue weighted by molar-refractivity contribution is 0.460. The molecular formula is C14H19NS. The Morgan fingerprint density at radius 2 is 2.06 bits per heavy atom. The fourth-order valence-corrected chi connectivity index (χ4v) is 3.85. The minimum Gasteiger partial charge on any atom is -0.317 e. The van der Waals surface area contributed by atoms with E-state index in [1.165, 1.54) is 44.5 Å². The average molecular weight is 233 g/mol. The van der Waals surface area contributed by atoms with Gasteiger partial charge in [-0.2, -0.15) is 0 Å². The molecule has 1 nitrogen and oxygen atoms in total. The van der Waals surface area contributed by atoms with Gasteiger partial charge in [-0.15, -0.1) is 11.8 Å². The summed E-state index contributed by atoms with van der Waals surface area (Å²) in [5.41, 5.74) is 3.16. The first-order valence-corrected chi connectivity index (χ1v) is 7.38. The van der Waals surface area contributed by atoms with Crippen molar-refractivity contribution < 1.29 is 0 Å². The zero-order valence-corrected chi connectivity index (χ0v) is 10.5. The van der Waals surface area contributed by atoms with Gasteiger partial charge in [-0.3, -0.25) is 0 Å². The number of thioether (sulfide) groups is 1. The molecule has 1 saturated heterocycles. The zero-order chi connectivity index (χ0) is 10.8. The van der Waals surface area contributed by atoms with Crippen LogP contribution in [0.4, 0.5) is 0 Å². The summed E-state index contributed by atoms with van der Waals surface area (Å²) in [7, 11) is 0. The lowest BCUT2D eigenvalue weighted by Crippen LogP contribution is -2.26. The fraction of sp³-hybridized carbons (Fsp3) is 0.571. The van der Waals surface area contributed by atoms with Gasteiger partial charge in [0.25, 0.3) is 0 Å². The van der Waals surface area contributed by atoms with Crippen LogP contribution in [0.25, 0.3) is 0 Å². The van der Waals surface area contributed by atoms with Crippen molar-refractivity contribution >= 4 is 11.8 Å². The van der Waals surface area contributed by atoms with Crippen LogP contribution in [-0.2, 0) is 6.42 Å². The van der Waals surface area contributed by atoms with E-state index in [4.69, 9.17) is 0 Å². The molecule has 2 aliphatic heterocycles. The van der Waals surface area contributed by atoms with Crippen molar-refractivity contribution in [3.63, 3.8) is 0 Å². The minimum absolute atomic E-state index is 0.800. The van der Waals surface area contributed by atoms with Crippen molar-refractivity contribution in [1.29, 1.82) is 0 Å². The lowest BCUT2D eigenvalue weighted by Gasteiger charge is -2.24. The molecule has 0 bridgehead atoms. The second-order valence-electron chi connectivity index (χ2n) is 4.84. The van der Waals surface area contributed by atoms with Crippen LogP contribution in [0.15, 0.2) is 23.1 Å². The van der Waals surface area contributed by atoms with Gasteiger partial charge in [0.2, 0.25) is 0 Å². The van der Waals surface area contributed by atoms with Gasteiger partial charge < -0.3 is 5.32 Å². The first-order valence-electron chi connectivity index (χ1n) is 6.40. The van der Waals surface area contributed by atoms with Crippen LogP contribution in [0.3, 0.4) is 0 Å². The van der Waals surface area contributed by atoms with Crippen LogP contribution >= 0.6 is 11.8 Å². The molecule has 16 heavy (non-hydrogen) atoms. The maximum Gasteiger partial charge on any atom is 0.0107 e. The third kappa shape index (κ3) is 2.14. The first-order chi connectivity index (χ1) is 7.93. The molecule has 86 valence electrons. The smallest absolute Gasteiger partial charge is 0.0107 e. The van der Waals surface area contributed by atoms with Gasteiger partial charge in [-0.25, -0.2) is 0 Å². The molecule has 0 atom stereocenters. The zero-order valence-electron chi connectivity index (χ0n) is 9.67. The van der Waals surface area contributed by atoms with Crippen molar-refractivity contribution in [3.8, 4) is 0 Å². The van der Waals surface area contributed by atoms with Crippen LogP contribution in [0.5, 0.6) is 0 Å². The van der Waals surface area contributed by atoms with Crippen molar-refractivity contribution in [2.24, 2.45) is 0 Å². The van der Waals surface area contributed by atoms with Crippen molar-refractivity contribution in [2.75, 3.05) is 18.8 Å². The van der Waals surface area contributed by atoms with Crippen LogP contribution in [0.2, 0.25) is 0 Å². The highest BCUT2D eigenvalue weighted by Gasteiger charge is 2.17. The second-order valence-corrected chi connectivity index (χ2v) is 5.98. The first kappa shape index (κ1) is 10.7. The van der Waals surface area contributed by atoms with Crippen LogP contribution in [0.1, 0.15) is 36.3 Å². The van der Waals surface area contributed by atoms with Crippen LogP contribution < -0.4 is 5.32 Å². The Balaban J connectivity index is 1.84. The third-order valence-electron chi connectivity index (χ3n) is 3.75. The van der Waals surface area contributed by atoms with E-state index < -0.39 is 0 Å². The SMILES string of the molecule is c1cc2c(cc1C1CCNCC1)SCCC2. The van der Waals surface area contributed by atoms with Crippen LogP contribution in [0, 0.1) is 0 Å². The van der Waals surface area contributed by atoms with Gasteiger partial charge in [0.05, 0.1) is 0 Å². The molecule has 0 saturated carbocycles. The Morgan fingerprint density at radius 1 is 1.19 bits per heavy atom. The molecule has 2 heteroatoms. The number of piperidine rings is 1. The van der Waals surface area contributed by atoms with Crippen molar-refractivity contribution in [1.82, 2.24) is 5.32 Å². The number of hydrogen-bond donors (Lipinski definition) is 1. The highest BCUT2D eigenvalue weighted by atomic mass is 32.2. The van der Waals surface area contributed by atoms with Gasteiger partial charge in [0.1, 0.15) is 0 Å². The summed E-state index contributed by atoms with van der Waals surface area (Å²) in [6.45, 7) is 2.38. The molecule has 1 fully saturated rings. The van der Waals surface area contributed by atoms with E-state index in [0.29, 0.717) is 0 Å². The van der Waals surface area contributed by atoms with E-state index in [-0.39, 0.29) is 0 Å².